The number of allylic oxidation sites excluding steroid dienone is 1. The molecular formula is C13H21N3O. The third kappa shape index (κ3) is 4.53. The molecule has 0 unspecified atom stereocenters. The average molecular weight is 235 g/mol. The van der Waals surface area contributed by atoms with Crippen LogP contribution in [0.25, 0.3) is 0 Å². The standard InChI is InChI=1S/C13H21N3O/c1-3-10(8-9-15-2)13(17)16-12-6-4-11(14)5-7-12/h3,8-9,11-12H,2,4-7,14H2,1H3,(H,16,17)/b9-8-,10-3+/t11-,12-. The fourth-order valence-electron chi connectivity index (χ4n) is 1.97. The van der Waals surface area contributed by atoms with Gasteiger partial charge in [0.15, 0.2) is 0 Å². The average Bonchev–Trinajstić information content (AvgIpc) is 2.33. The largest absolute Gasteiger partial charge is 0.349 e. The van der Waals surface area contributed by atoms with Crippen molar-refractivity contribution >= 4 is 12.6 Å². The van der Waals surface area contributed by atoms with Crippen LogP contribution in [0.15, 0.2) is 28.9 Å². The van der Waals surface area contributed by atoms with Crippen molar-refractivity contribution in [1.82, 2.24) is 5.32 Å². The van der Waals surface area contributed by atoms with Crippen LogP contribution in [0, 0.1) is 0 Å². The van der Waals surface area contributed by atoms with Gasteiger partial charge in [-0.2, -0.15) is 0 Å². The summed E-state index contributed by atoms with van der Waals surface area (Å²) in [6.07, 6.45) is 8.86. The van der Waals surface area contributed by atoms with Crippen molar-refractivity contribution in [2.24, 2.45) is 10.7 Å². The van der Waals surface area contributed by atoms with Crippen LogP contribution in [-0.4, -0.2) is 24.7 Å². The normalized spacial score (nSPS) is 25.9. The molecular weight excluding hydrogens is 214 g/mol. The van der Waals surface area contributed by atoms with Crippen molar-refractivity contribution in [3.8, 4) is 0 Å². The van der Waals surface area contributed by atoms with Gasteiger partial charge in [0.1, 0.15) is 0 Å². The van der Waals surface area contributed by atoms with E-state index >= 15 is 0 Å². The zero-order valence-corrected chi connectivity index (χ0v) is 10.4. The first kappa shape index (κ1) is 13.6. The highest BCUT2D eigenvalue weighted by molar-refractivity contribution is 5.96. The molecule has 0 saturated heterocycles. The summed E-state index contributed by atoms with van der Waals surface area (Å²) in [5.74, 6) is -0.0483. The Labute approximate surface area is 103 Å². The minimum Gasteiger partial charge on any atom is -0.349 e. The summed E-state index contributed by atoms with van der Waals surface area (Å²) in [6, 6.07) is 0.552. The van der Waals surface area contributed by atoms with Crippen LogP contribution in [0.4, 0.5) is 0 Å². The first-order chi connectivity index (χ1) is 8.17. The summed E-state index contributed by atoms with van der Waals surface area (Å²) in [4.78, 5) is 15.5. The molecule has 0 aromatic heterocycles. The van der Waals surface area contributed by atoms with Crippen LogP contribution in [0.3, 0.4) is 0 Å². The first-order valence-electron chi connectivity index (χ1n) is 6.02. The predicted molar refractivity (Wildman–Crippen MR) is 70.8 cm³/mol. The highest BCUT2D eigenvalue weighted by Gasteiger charge is 2.20. The number of nitrogens with one attached hydrogen (secondary N) is 1. The smallest absolute Gasteiger partial charge is 0.251 e. The molecule has 0 bridgehead atoms. The Kier molecular flexibility index (Phi) is 5.63. The maximum absolute atomic E-state index is 11.9. The number of hydrogen-bond donors (Lipinski definition) is 2. The first-order valence-corrected chi connectivity index (χ1v) is 6.02. The number of rotatable bonds is 4. The van der Waals surface area contributed by atoms with Crippen molar-refractivity contribution in [3.63, 3.8) is 0 Å². The molecule has 3 N–H and O–H groups in total. The van der Waals surface area contributed by atoms with Crippen molar-refractivity contribution in [2.75, 3.05) is 0 Å². The second-order valence-corrected chi connectivity index (χ2v) is 4.33. The SMILES string of the molecule is C=N/C=C\C(=C/C)C(=O)N[C@H]1CC[C@H](N)CC1. The van der Waals surface area contributed by atoms with Gasteiger partial charge in [0, 0.05) is 23.9 Å². The molecule has 1 saturated carbocycles. The molecule has 0 aromatic rings. The molecule has 0 heterocycles. The lowest BCUT2D eigenvalue weighted by Crippen LogP contribution is -2.40. The zero-order valence-electron chi connectivity index (χ0n) is 10.4. The van der Waals surface area contributed by atoms with Gasteiger partial charge in [0.2, 0.25) is 0 Å². The van der Waals surface area contributed by atoms with Crippen molar-refractivity contribution in [2.45, 2.75) is 44.7 Å². The minimum absolute atomic E-state index is 0.0483. The molecule has 1 amide bonds. The van der Waals surface area contributed by atoms with Crippen LogP contribution in [0.5, 0.6) is 0 Å². The summed E-state index contributed by atoms with van der Waals surface area (Å²) in [7, 11) is 0. The van der Waals surface area contributed by atoms with E-state index in [0.717, 1.165) is 25.7 Å². The molecule has 4 nitrogen and oxygen atoms in total. The molecule has 0 atom stereocenters. The van der Waals surface area contributed by atoms with E-state index < -0.39 is 0 Å². The molecule has 0 aliphatic heterocycles. The lowest BCUT2D eigenvalue weighted by Gasteiger charge is -2.26. The summed E-state index contributed by atoms with van der Waals surface area (Å²) >= 11 is 0. The van der Waals surface area contributed by atoms with Gasteiger partial charge in [0.25, 0.3) is 5.91 Å². The van der Waals surface area contributed by atoms with Crippen LogP contribution in [0.1, 0.15) is 32.6 Å². The maximum atomic E-state index is 11.9. The summed E-state index contributed by atoms with van der Waals surface area (Å²) < 4.78 is 0. The van der Waals surface area contributed by atoms with E-state index in [0.29, 0.717) is 11.6 Å². The monoisotopic (exact) mass is 235 g/mol. The van der Waals surface area contributed by atoms with Crippen molar-refractivity contribution in [3.05, 3.63) is 23.9 Å². The number of hydrogen-bond acceptors (Lipinski definition) is 3. The number of amides is 1. The maximum Gasteiger partial charge on any atom is 0.251 e. The molecule has 1 fully saturated rings. The molecule has 0 spiro atoms. The molecule has 17 heavy (non-hydrogen) atoms. The summed E-state index contributed by atoms with van der Waals surface area (Å²) in [5.41, 5.74) is 6.44. The topological polar surface area (TPSA) is 67.5 Å². The van der Waals surface area contributed by atoms with Crippen LogP contribution >= 0.6 is 0 Å². The molecule has 1 aliphatic carbocycles. The molecule has 1 aliphatic rings. The van der Waals surface area contributed by atoms with Gasteiger partial charge >= 0.3 is 0 Å². The van der Waals surface area contributed by atoms with Gasteiger partial charge in [-0.1, -0.05) is 6.08 Å². The zero-order chi connectivity index (χ0) is 12.7. The Balaban J connectivity index is 2.47. The molecule has 0 radical (unpaired) electrons. The molecule has 4 heteroatoms. The van der Waals surface area contributed by atoms with E-state index in [4.69, 9.17) is 5.73 Å². The number of nitrogens with zero attached hydrogens (tertiary/aromatic N) is 1. The number of aliphatic imine (C=N–C) groups is 1. The Morgan fingerprint density at radius 2 is 2.06 bits per heavy atom. The highest BCUT2D eigenvalue weighted by Crippen LogP contribution is 2.17. The Morgan fingerprint density at radius 3 is 2.59 bits per heavy atom. The van der Waals surface area contributed by atoms with Gasteiger partial charge in [0.05, 0.1) is 0 Å². The second kappa shape index (κ2) is 7.01. The predicted octanol–water partition coefficient (Wildman–Crippen LogP) is 1.53. The molecule has 94 valence electrons. The van der Waals surface area contributed by atoms with Crippen LogP contribution in [-0.2, 0) is 4.79 Å². The van der Waals surface area contributed by atoms with Crippen molar-refractivity contribution < 1.29 is 4.79 Å². The second-order valence-electron chi connectivity index (χ2n) is 4.33. The minimum atomic E-state index is -0.0483. The summed E-state index contributed by atoms with van der Waals surface area (Å²) in [5, 5.41) is 3.02. The third-order valence-electron chi connectivity index (χ3n) is 3.04. The van der Waals surface area contributed by atoms with Gasteiger partial charge in [-0.05, 0) is 45.4 Å². The lowest BCUT2D eigenvalue weighted by molar-refractivity contribution is -0.118. The van der Waals surface area contributed by atoms with Gasteiger partial charge in [-0.15, -0.1) is 0 Å². The van der Waals surface area contributed by atoms with E-state index in [1.165, 1.54) is 6.20 Å². The van der Waals surface area contributed by atoms with Crippen molar-refractivity contribution in [1.29, 1.82) is 0 Å². The fourth-order valence-corrected chi connectivity index (χ4v) is 1.97. The number of carbonyl (C=O) groups excluding carboxylic acids is 1. The Morgan fingerprint density at radius 1 is 1.41 bits per heavy atom. The highest BCUT2D eigenvalue weighted by atomic mass is 16.1. The van der Waals surface area contributed by atoms with E-state index in [9.17, 15) is 4.79 Å². The number of carbonyl (C=O) groups is 1. The van der Waals surface area contributed by atoms with Crippen LogP contribution in [0.2, 0.25) is 0 Å². The van der Waals surface area contributed by atoms with E-state index in [1.54, 1.807) is 12.2 Å². The van der Waals surface area contributed by atoms with E-state index in [1.807, 2.05) is 6.92 Å². The summed E-state index contributed by atoms with van der Waals surface area (Å²) in [6.45, 7) is 5.17. The Bertz CT molecular complexity index is 326. The fraction of sp³-hybridized carbons (Fsp3) is 0.538. The number of nitrogens with two attached hydrogens (primary N) is 1. The van der Waals surface area contributed by atoms with Crippen LogP contribution < -0.4 is 11.1 Å². The quantitative estimate of drug-likeness (QED) is 0.441. The Hall–Kier alpha value is -1.42. The van der Waals surface area contributed by atoms with E-state index in [-0.39, 0.29) is 11.9 Å². The molecule has 1 rings (SSSR count). The molecule has 0 aromatic carbocycles. The lowest BCUT2D eigenvalue weighted by atomic mass is 9.91. The van der Waals surface area contributed by atoms with Gasteiger partial charge < -0.3 is 11.1 Å². The van der Waals surface area contributed by atoms with Gasteiger partial charge in [-0.3, -0.25) is 9.79 Å². The van der Waals surface area contributed by atoms with E-state index in [2.05, 4.69) is 17.0 Å². The third-order valence-corrected chi connectivity index (χ3v) is 3.04. The van der Waals surface area contributed by atoms with Gasteiger partial charge in [-0.25, -0.2) is 0 Å².